The molecule has 2 rings (SSSR count). The second kappa shape index (κ2) is 5.19. The molecule has 2 atom stereocenters. The highest BCUT2D eigenvalue weighted by Gasteiger charge is 2.27. The third-order valence-electron chi connectivity index (χ3n) is 4.16. The Balaban J connectivity index is 2.12. The van der Waals surface area contributed by atoms with Crippen molar-refractivity contribution in [2.45, 2.75) is 51.7 Å². The number of hydrogen-bond donors (Lipinski definition) is 1. The molecule has 0 aromatic carbocycles. The topological polar surface area (TPSA) is 47.1 Å². The number of nitrogens with zero attached hydrogens (tertiary/aromatic N) is 3. The third kappa shape index (κ3) is 2.53. The molecule has 0 bridgehead atoms. The minimum atomic E-state index is 0.540. The minimum Gasteiger partial charge on any atom is -0.329 e. The third-order valence-corrected chi connectivity index (χ3v) is 4.16. The predicted molar refractivity (Wildman–Crippen MR) is 69.6 cm³/mol. The maximum atomic E-state index is 5.89. The number of likely N-dealkylation sites (tertiary alicyclic amines) is 1. The summed E-state index contributed by atoms with van der Waals surface area (Å²) >= 11 is 0. The van der Waals surface area contributed by atoms with Gasteiger partial charge >= 0.3 is 0 Å². The number of piperidine rings is 1. The second-order valence-corrected chi connectivity index (χ2v) is 5.22. The van der Waals surface area contributed by atoms with Crippen LogP contribution < -0.4 is 5.73 Å². The summed E-state index contributed by atoms with van der Waals surface area (Å²) < 4.78 is 1.95. The number of rotatable bonds is 3. The molecule has 1 saturated heterocycles. The van der Waals surface area contributed by atoms with Crippen LogP contribution in [0.5, 0.6) is 0 Å². The Bertz CT molecular complexity index is 371. The van der Waals surface area contributed by atoms with Crippen LogP contribution in [0.1, 0.15) is 37.4 Å². The van der Waals surface area contributed by atoms with Crippen LogP contribution >= 0.6 is 0 Å². The highest BCUT2D eigenvalue weighted by molar-refractivity contribution is 5.16. The Hall–Kier alpha value is -0.870. The highest BCUT2D eigenvalue weighted by Crippen LogP contribution is 2.25. The average Bonchev–Trinajstić information content (AvgIpc) is 2.63. The van der Waals surface area contributed by atoms with Gasteiger partial charge < -0.3 is 5.73 Å². The summed E-state index contributed by atoms with van der Waals surface area (Å²) in [7, 11) is 2.00. The Labute approximate surface area is 104 Å². The second-order valence-electron chi connectivity index (χ2n) is 5.22. The lowest BCUT2D eigenvalue weighted by atomic mass is 9.96. The van der Waals surface area contributed by atoms with Gasteiger partial charge in [-0.05, 0) is 26.7 Å². The maximum Gasteiger partial charge on any atom is 0.0537 e. The van der Waals surface area contributed by atoms with E-state index in [0.717, 1.165) is 13.1 Å². The first-order valence-electron chi connectivity index (χ1n) is 6.56. The van der Waals surface area contributed by atoms with Crippen LogP contribution in [0.4, 0.5) is 0 Å². The average molecular weight is 236 g/mol. The first-order chi connectivity index (χ1) is 8.13. The summed E-state index contributed by atoms with van der Waals surface area (Å²) in [5, 5.41) is 4.32. The normalized spacial score (nSPS) is 26.4. The van der Waals surface area contributed by atoms with Crippen molar-refractivity contribution < 1.29 is 0 Å². The van der Waals surface area contributed by atoms with E-state index in [0.29, 0.717) is 12.1 Å². The molecule has 2 N–H and O–H groups in total. The molecule has 0 radical (unpaired) electrons. The molecule has 2 unspecified atom stereocenters. The Kier molecular flexibility index (Phi) is 3.84. The fourth-order valence-corrected chi connectivity index (χ4v) is 2.77. The van der Waals surface area contributed by atoms with Crippen LogP contribution in [0, 0.1) is 6.92 Å². The van der Waals surface area contributed by atoms with E-state index < -0.39 is 0 Å². The zero-order valence-corrected chi connectivity index (χ0v) is 11.2. The lowest BCUT2D eigenvalue weighted by Gasteiger charge is -2.40. The van der Waals surface area contributed by atoms with Crippen LogP contribution in [0.25, 0.3) is 0 Å². The van der Waals surface area contributed by atoms with E-state index in [1.165, 1.54) is 30.5 Å². The quantitative estimate of drug-likeness (QED) is 0.863. The van der Waals surface area contributed by atoms with Crippen molar-refractivity contribution in [2.24, 2.45) is 12.8 Å². The van der Waals surface area contributed by atoms with Crippen molar-refractivity contribution in [1.82, 2.24) is 14.7 Å². The molecule has 1 aliphatic rings. The summed E-state index contributed by atoms with van der Waals surface area (Å²) in [5.41, 5.74) is 8.49. The highest BCUT2D eigenvalue weighted by atomic mass is 15.3. The lowest BCUT2D eigenvalue weighted by molar-refractivity contribution is 0.0890. The zero-order valence-electron chi connectivity index (χ0n) is 11.2. The van der Waals surface area contributed by atoms with Crippen molar-refractivity contribution in [2.75, 3.05) is 6.54 Å². The summed E-state index contributed by atoms with van der Waals surface area (Å²) in [4.78, 5) is 2.55. The molecular weight excluding hydrogens is 212 g/mol. The Morgan fingerprint density at radius 3 is 2.82 bits per heavy atom. The van der Waals surface area contributed by atoms with Gasteiger partial charge in [-0.1, -0.05) is 6.42 Å². The van der Waals surface area contributed by atoms with E-state index in [1.807, 2.05) is 17.9 Å². The van der Waals surface area contributed by atoms with E-state index in [4.69, 9.17) is 5.73 Å². The SMILES string of the molecule is Cc1c(CN2C(C)CCCC2CN)cnn1C. The summed E-state index contributed by atoms with van der Waals surface area (Å²) in [5.74, 6) is 0. The summed E-state index contributed by atoms with van der Waals surface area (Å²) in [6.07, 6.45) is 5.83. The fourth-order valence-electron chi connectivity index (χ4n) is 2.77. The molecule has 0 aliphatic carbocycles. The van der Waals surface area contributed by atoms with Gasteiger partial charge in [-0.2, -0.15) is 5.10 Å². The van der Waals surface area contributed by atoms with Crippen LogP contribution in [0.3, 0.4) is 0 Å². The van der Waals surface area contributed by atoms with E-state index >= 15 is 0 Å². The molecule has 4 heteroatoms. The maximum absolute atomic E-state index is 5.89. The molecule has 96 valence electrons. The molecule has 0 saturated carbocycles. The van der Waals surface area contributed by atoms with Gasteiger partial charge in [0.05, 0.1) is 6.20 Å². The standard InChI is InChI=1S/C13H24N4/c1-10-5-4-6-13(7-14)17(10)9-12-8-15-16(3)11(12)2/h8,10,13H,4-7,9,14H2,1-3H3. The monoisotopic (exact) mass is 236 g/mol. The summed E-state index contributed by atoms with van der Waals surface area (Å²) in [6.45, 7) is 6.20. The van der Waals surface area contributed by atoms with Crippen molar-refractivity contribution in [3.8, 4) is 0 Å². The van der Waals surface area contributed by atoms with Crippen molar-refractivity contribution >= 4 is 0 Å². The lowest BCUT2D eigenvalue weighted by Crippen LogP contribution is -2.48. The molecular formula is C13H24N4. The molecule has 17 heavy (non-hydrogen) atoms. The zero-order chi connectivity index (χ0) is 12.4. The molecule has 1 aromatic rings. The predicted octanol–water partition coefficient (Wildman–Crippen LogP) is 1.43. The molecule has 1 aliphatic heterocycles. The van der Waals surface area contributed by atoms with E-state index in [2.05, 4.69) is 23.8 Å². The van der Waals surface area contributed by atoms with Gasteiger partial charge in [0.2, 0.25) is 0 Å². The van der Waals surface area contributed by atoms with Gasteiger partial charge in [0, 0.05) is 43.5 Å². The van der Waals surface area contributed by atoms with Crippen molar-refractivity contribution in [1.29, 1.82) is 0 Å². The first-order valence-corrected chi connectivity index (χ1v) is 6.56. The number of aryl methyl sites for hydroxylation is 1. The molecule has 1 fully saturated rings. The summed E-state index contributed by atoms with van der Waals surface area (Å²) in [6, 6.07) is 1.18. The van der Waals surface area contributed by atoms with Gasteiger partial charge in [-0.25, -0.2) is 0 Å². The molecule has 0 amide bonds. The van der Waals surface area contributed by atoms with Gasteiger partial charge in [-0.3, -0.25) is 9.58 Å². The number of nitrogens with two attached hydrogens (primary N) is 1. The van der Waals surface area contributed by atoms with E-state index in [-0.39, 0.29) is 0 Å². The van der Waals surface area contributed by atoms with Crippen LogP contribution in [-0.2, 0) is 13.6 Å². The molecule has 4 nitrogen and oxygen atoms in total. The number of hydrogen-bond acceptors (Lipinski definition) is 3. The van der Waals surface area contributed by atoms with Gasteiger partial charge in [-0.15, -0.1) is 0 Å². The smallest absolute Gasteiger partial charge is 0.0537 e. The Morgan fingerprint density at radius 1 is 1.47 bits per heavy atom. The van der Waals surface area contributed by atoms with Crippen molar-refractivity contribution in [3.63, 3.8) is 0 Å². The van der Waals surface area contributed by atoms with Gasteiger partial charge in [0.25, 0.3) is 0 Å². The number of aromatic nitrogens is 2. The largest absolute Gasteiger partial charge is 0.329 e. The Morgan fingerprint density at radius 2 is 2.24 bits per heavy atom. The van der Waals surface area contributed by atoms with Crippen LogP contribution in [0.15, 0.2) is 6.20 Å². The minimum absolute atomic E-state index is 0.540. The van der Waals surface area contributed by atoms with Crippen molar-refractivity contribution in [3.05, 3.63) is 17.5 Å². The van der Waals surface area contributed by atoms with Gasteiger partial charge in [0.15, 0.2) is 0 Å². The molecule has 0 spiro atoms. The van der Waals surface area contributed by atoms with E-state index in [1.54, 1.807) is 0 Å². The molecule has 1 aromatic heterocycles. The van der Waals surface area contributed by atoms with Crippen LogP contribution in [0.2, 0.25) is 0 Å². The first kappa shape index (κ1) is 12.6. The molecule has 2 heterocycles. The van der Waals surface area contributed by atoms with E-state index in [9.17, 15) is 0 Å². The van der Waals surface area contributed by atoms with Gasteiger partial charge in [0.1, 0.15) is 0 Å². The fraction of sp³-hybridized carbons (Fsp3) is 0.769. The van der Waals surface area contributed by atoms with Crippen LogP contribution in [-0.4, -0.2) is 33.3 Å².